The second kappa shape index (κ2) is 7.52. The zero-order valence-electron chi connectivity index (χ0n) is 15.0. The van der Waals surface area contributed by atoms with E-state index in [0.29, 0.717) is 18.9 Å². The van der Waals surface area contributed by atoms with Crippen molar-refractivity contribution in [1.29, 1.82) is 0 Å². The molecule has 0 radical (unpaired) electrons. The topological polar surface area (TPSA) is 59.0 Å². The molecule has 1 amide bonds. The molecule has 0 spiro atoms. The maximum absolute atomic E-state index is 12.3. The number of hydrogen-bond acceptors (Lipinski definition) is 4. The van der Waals surface area contributed by atoms with E-state index in [1.54, 1.807) is 4.90 Å². The summed E-state index contributed by atoms with van der Waals surface area (Å²) in [4.78, 5) is 30.7. The van der Waals surface area contributed by atoms with Gasteiger partial charge in [-0.15, -0.1) is 0 Å². The van der Waals surface area contributed by atoms with Crippen LogP contribution in [-0.2, 0) is 19.9 Å². The molecule has 5 heteroatoms. The van der Waals surface area contributed by atoms with Crippen LogP contribution in [0.2, 0.25) is 0 Å². The first-order valence-electron chi connectivity index (χ1n) is 8.69. The Bertz CT molecular complexity index is 776. The summed E-state index contributed by atoms with van der Waals surface area (Å²) in [6.07, 6.45) is 0.781. The molecular weight excluding hydrogens is 328 g/mol. The normalized spacial score (nSPS) is 14.5. The van der Waals surface area contributed by atoms with Crippen molar-refractivity contribution in [3.8, 4) is 0 Å². The number of rotatable bonds is 4. The zero-order chi connectivity index (χ0) is 18.6. The highest BCUT2D eigenvalue weighted by atomic mass is 16.6. The Balaban J connectivity index is 2.32. The molecule has 2 aromatic rings. The van der Waals surface area contributed by atoms with Gasteiger partial charge >= 0.3 is 5.97 Å². The number of carbonyl (C=O) groups is 2. The van der Waals surface area contributed by atoms with Gasteiger partial charge in [0.15, 0.2) is 5.84 Å². The van der Waals surface area contributed by atoms with Gasteiger partial charge in [0.05, 0.1) is 0 Å². The van der Waals surface area contributed by atoms with Crippen LogP contribution in [0.4, 0.5) is 0 Å². The van der Waals surface area contributed by atoms with Crippen molar-refractivity contribution in [3.05, 3.63) is 71.8 Å². The number of ether oxygens (including phenoxy) is 1. The van der Waals surface area contributed by atoms with E-state index >= 15 is 0 Å². The summed E-state index contributed by atoms with van der Waals surface area (Å²) in [7, 11) is 0. The van der Waals surface area contributed by atoms with Crippen LogP contribution in [0.5, 0.6) is 0 Å². The molecule has 2 aromatic carbocycles. The number of hydrogen-bond donors (Lipinski definition) is 0. The van der Waals surface area contributed by atoms with Gasteiger partial charge in [0.1, 0.15) is 0 Å². The van der Waals surface area contributed by atoms with Crippen LogP contribution in [0.3, 0.4) is 0 Å². The van der Waals surface area contributed by atoms with Crippen LogP contribution in [-0.4, -0.2) is 35.7 Å². The molecule has 1 aliphatic heterocycles. The molecule has 0 N–H and O–H groups in total. The number of amidine groups is 1. The van der Waals surface area contributed by atoms with Gasteiger partial charge in [-0.05, 0) is 6.42 Å². The van der Waals surface area contributed by atoms with Crippen molar-refractivity contribution in [2.75, 3.05) is 13.1 Å². The van der Waals surface area contributed by atoms with Gasteiger partial charge < -0.3 is 4.74 Å². The second-order valence-electron chi connectivity index (χ2n) is 6.24. The van der Waals surface area contributed by atoms with Crippen LogP contribution in [0.15, 0.2) is 65.7 Å². The molecular formula is C21H22N2O3. The largest absolute Gasteiger partial charge is 0.441 e. The maximum Gasteiger partial charge on any atom is 0.304 e. The van der Waals surface area contributed by atoms with Crippen LogP contribution < -0.4 is 0 Å². The molecule has 0 aromatic heterocycles. The Morgan fingerprint density at radius 1 is 0.962 bits per heavy atom. The molecule has 3 rings (SSSR count). The maximum atomic E-state index is 12.3. The number of carbonyl (C=O) groups excluding carboxylic acids is 2. The lowest BCUT2D eigenvalue weighted by atomic mass is 9.83. The Morgan fingerprint density at radius 2 is 1.50 bits per heavy atom. The first-order chi connectivity index (χ1) is 12.6. The number of nitrogens with zero attached hydrogens (tertiary/aromatic N) is 2. The smallest absolute Gasteiger partial charge is 0.304 e. The van der Waals surface area contributed by atoms with Crippen LogP contribution in [0.25, 0.3) is 0 Å². The van der Waals surface area contributed by atoms with Crippen LogP contribution >= 0.6 is 0 Å². The van der Waals surface area contributed by atoms with E-state index in [-0.39, 0.29) is 5.91 Å². The summed E-state index contributed by atoms with van der Waals surface area (Å²) in [5, 5.41) is 0. The summed E-state index contributed by atoms with van der Waals surface area (Å²) in [5.74, 6) is -0.0924. The van der Waals surface area contributed by atoms with Gasteiger partial charge in [-0.2, -0.15) is 0 Å². The molecule has 5 nitrogen and oxygen atoms in total. The standard InChI is InChI=1S/C21H22N2O3/c1-16(24)23-15-9-14-22-20(23)21(26-17(2)25,18-10-5-3-6-11-18)19-12-7-4-8-13-19/h3-8,10-13H,9,14-15H2,1-2H3. The second-order valence-corrected chi connectivity index (χ2v) is 6.24. The molecule has 26 heavy (non-hydrogen) atoms. The highest BCUT2D eigenvalue weighted by Crippen LogP contribution is 2.38. The monoisotopic (exact) mass is 350 g/mol. The fourth-order valence-corrected chi connectivity index (χ4v) is 3.36. The highest BCUT2D eigenvalue weighted by Gasteiger charge is 2.47. The van der Waals surface area contributed by atoms with Crippen molar-refractivity contribution in [1.82, 2.24) is 4.90 Å². The van der Waals surface area contributed by atoms with E-state index in [1.165, 1.54) is 13.8 Å². The zero-order valence-corrected chi connectivity index (χ0v) is 15.0. The summed E-state index contributed by atoms with van der Waals surface area (Å²) in [5.41, 5.74) is 0.252. The molecule has 1 heterocycles. The van der Waals surface area contributed by atoms with Crippen LogP contribution in [0, 0.1) is 0 Å². The first kappa shape index (κ1) is 17.9. The lowest BCUT2D eigenvalue weighted by molar-refractivity contribution is -0.150. The SMILES string of the molecule is CC(=O)OC(C1=NCCCN1C(C)=O)(c1ccccc1)c1ccccc1. The molecule has 0 aliphatic carbocycles. The fraction of sp³-hybridized carbons (Fsp3) is 0.286. The number of amides is 1. The summed E-state index contributed by atoms with van der Waals surface area (Å²) in [6.45, 7) is 4.02. The van der Waals surface area contributed by atoms with Crippen molar-refractivity contribution >= 4 is 17.7 Å². The Labute approximate surface area is 153 Å². The third kappa shape index (κ3) is 3.25. The lowest BCUT2D eigenvalue weighted by Gasteiger charge is -2.41. The predicted molar refractivity (Wildman–Crippen MR) is 99.7 cm³/mol. The van der Waals surface area contributed by atoms with E-state index in [2.05, 4.69) is 4.99 Å². The highest BCUT2D eigenvalue weighted by molar-refractivity contribution is 6.05. The molecule has 0 saturated carbocycles. The molecule has 0 bridgehead atoms. The lowest BCUT2D eigenvalue weighted by Crippen LogP contribution is -2.53. The third-order valence-corrected chi connectivity index (χ3v) is 4.41. The van der Waals surface area contributed by atoms with E-state index < -0.39 is 11.6 Å². The Morgan fingerprint density at radius 3 is 1.96 bits per heavy atom. The van der Waals surface area contributed by atoms with E-state index in [1.807, 2.05) is 60.7 Å². The number of esters is 1. The number of aliphatic imine (C=N–C) groups is 1. The van der Waals surface area contributed by atoms with Crippen LogP contribution in [0.1, 0.15) is 31.4 Å². The average molecular weight is 350 g/mol. The van der Waals surface area contributed by atoms with Crippen molar-refractivity contribution in [2.45, 2.75) is 25.9 Å². The van der Waals surface area contributed by atoms with Gasteiger partial charge in [-0.3, -0.25) is 19.5 Å². The molecule has 0 atom stereocenters. The predicted octanol–water partition coefficient (Wildman–Crippen LogP) is 3.14. The first-order valence-corrected chi connectivity index (χ1v) is 8.69. The van der Waals surface area contributed by atoms with Crippen molar-refractivity contribution in [3.63, 3.8) is 0 Å². The van der Waals surface area contributed by atoms with Gasteiger partial charge in [0.25, 0.3) is 0 Å². The van der Waals surface area contributed by atoms with E-state index in [4.69, 9.17) is 4.74 Å². The minimum atomic E-state index is -1.26. The fourth-order valence-electron chi connectivity index (χ4n) is 3.36. The Hall–Kier alpha value is -2.95. The molecule has 0 unspecified atom stereocenters. The van der Waals surface area contributed by atoms with Crippen molar-refractivity contribution < 1.29 is 14.3 Å². The average Bonchev–Trinajstić information content (AvgIpc) is 2.67. The Kier molecular flexibility index (Phi) is 5.16. The minimum absolute atomic E-state index is 0.119. The van der Waals surface area contributed by atoms with E-state index in [0.717, 1.165) is 17.5 Å². The van der Waals surface area contributed by atoms with Crippen molar-refractivity contribution in [2.24, 2.45) is 4.99 Å². The molecule has 1 aliphatic rings. The molecule has 0 fully saturated rings. The third-order valence-electron chi connectivity index (χ3n) is 4.41. The van der Waals surface area contributed by atoms with Gasteiger partial charge in [0, 0.05) is 38.1 Å². The van der Waals surface area contributed by atoms with Gasteiger partial charge in [0.2, 0.25) is 11.5 Å². The minimum Gasteiger partial charge on any atom is -0.441 e. The van der Waals surface area contributed by atoms with Gasteiger partial charge in [-0.25, -0.2) is 0 Å². The molecule has 134 valence electrons. The van der Waals surface area contributed by atoms with Gasteiger partial charge in [-0.1, -0.05) is 60.7 Å². The number of benzene rings is 2. The quantitative estimate of drug-likeness (QED) is 0.796. The summed E-state index contributed by atoms with van der Waals surface area (Å²) in [6, 6.07) is 18.9. The summed E-state index contributed by atoms with van der Waals surface area (Å²) < 4.78 is 5.97. The summed E-state index contributed by atoms with van der Waals surface area (Å²) >= 11 is 0. The molecule has 0 saturated heterocycles. The van der Waals surface area contributed by atoms with E-state index in [9.17, 15) is 9.59 Å².